The Balaban J connectivity index is 2.62. The molecule has 19 heavy (non-hydrogen) atoms. The van der Waals surface area contributed by atoms with Crippen LogP contribution in [0, 0.1) is 0 Å². The van der Waals surface area contributed by atoms with Crippen LogP contribution in [0.25, 0.3) is 0 Å². The van der Waals surface area contributed by atoms with Gasteiger partial charge >= 0.3 is 5.97 Å². The molecule has 0 aromatic heterocycles. The second-order valence-electron chi connectivity index (χ2n) is 5.34. The van der Waals surface area contributed by atoms with Gasteiger partial charge in [-0.2, -0.15) is 0 Å². The minimum Gasteiger partial charge on any atom is -0.508 e. The molecule has 0 aliphatic rings. The average Bonchev–Trinajstić information content (AvgIpc) is 2.28. The third kappa shape index (κ3) is 5.09. The van der Waals surface area contributed by atoms with Gasteiger partial charge in [0.15, 0.2) is 0 Å². The van der Waals surface area contributed by atoms with Gasteiger partial charge in [-0.3, -0.25) is 4.79 Å². The van der Waals surface area contributed by atoms with Crippen LogP contribution in [0.2, 0.25) is 0 Å². The molecule has 0 bridgehead atoms. The summed E-state index contributed by atoms with van der Waals surface area (Å²) in [5.41, 5.74) is 5.74. The van der Waals surface area contributed by atoms with E-state index < -0.39 is 23.4 Å². The minimum absolute atomic E-state index is 0.135. The number of phenols is 1. The van der Waals surface area contributed by atoms with E-state index in [2.05, 4.69) is 0 Å². The van der Waals surface area contributed by atoms with Gasteiger partial charge in [0, 0.05) is 0 Å². The highest BCUT2D eigenvalue weighted by molar-refractivity contribution is 6.35. The fraction of sp³-hybridized carbons (Fsp3) is 0.429. The van der Waals surface area contributed by atoms with Crippen molar-refractivity contribution in [3.8, 4) is 5.75 Å². The number of ether oxygens (including phenoxy) is 1. The first kappa shape index (κ1) is 15.2. The molecule has 0 fully saturated rings. The number of aromatic hydroxyl groups is 1. The van der Waals surface area contributed by atoms with Gasteiger partial charge in [0.2, 0.25) is 0 Å². The van der Waals surface area contributed by atoms with Gasteiger partial charge in [0.05, 0.1) is 6.04 Å². The Kier molecular flexibility index (Phi) is 4.67. The summed E-state index contributed by atoms with van der Waals surface area (Å²) in [7, 11) is 0. The topological polar surface area (TPSA) is 89.6 Å². The van der Waals surface area contributed by atoms with E-state index in [1.165, 1.54) is 12.1 Å². The highest BCUT2D eigenvalue weighted by Crippen LogP contribution is 2.12. The Morgan fingerprint density at radius 1 is 1.26 bits per heavy atom. The summed E-state index contributed by atoms with van der Waals surface area (Å²) in [5.74, 6) is -1.53. The maximum Gasteiger partial charge on any atom is 0.376 e. The predicted octanol–water partition coefficient (Wildman–Crippen LogP) is 1.17. The summed E-state index contributed by atoms with van der Waals surface area (Å²) >= 11 is 0. The Labute approximate surface area is 112 Å². The lowest BCUT2D eigenvalue weighted by atomic mass is 10.0. The van der Waals surface area contributed by atoms with Crippen molar-refractivity contribution in [1.29, 1.82) is 0 Å². The van der Waals surface area contributed by atoms with Crippen molar-refractivity contribution in [2.45, 2.75) is 38.8 Å². The molecule has 0 aliphatic carbocycles. The molecule has 1 atom stereocenters. The number of hydrogen-bond donors (Lipinski definition) is 2. The van der Waals surface area contributed by atoms with Gasteiger partial charge < -0.3 is 15.6 Å². The number of carbonyl (C=O) groups is 2. The van der Waals surface area contributed by atoms with Crippen LogP contribution in [0.5, 0.6) is 5.75 Å². The highest BCUT2D eigenvalue weighted by Gasteiger charge is 2.27. The van der Waals surface area contributed by atoms with Crippen molar-refractivity contribution in [1.82, 2.24) is 0 Å². The second kappa shape index (κ2) is 5.84. The fourth-order valence-electron chi connectivity index (χ4n) is 1.46. The Hall–Kier alpha value is -1.88. The summed E-state index contributed by atoms with van der Waals surface area (Å²) in [6.45, 7) is 5.05. The van der Waals surface area contributed by atoms with Gasteiger partial charge in [0.25, 0.3) is 5.78 Å². The number of nitrogens with two attached hydrogens (primary N) is 1. The van der Waals surface area contributed by atoms with E-state index in [9.17, 15) is 9.59 Å². The van der Waals surface area contributed by atoms with Gasteiger partial charge in [0.1, 0.15) is 11.4 Å². The molecular formula is C14H19NO4. The van der Waals surface area contributed by atoms with E-state index in [1.54, 1.807) is 32.9 Å². The Morgan fingerprint density at radius 3 is 2.26 bits per heavy atom. The van der Waals surface area contributed by atoms with E-state index in [-0.39, 0.29) is 12.2 Å². The molecule has 0 aliphatic heterocycles. The minimum atomic E-state index is -0.945. The van der Waals surface area contributed by atoms with E-state index in [4.69, 9.17) is 15.6 Å². The molecule has 0 heterocycles. The molecule has 0 radical (unpaired) electrons. The molecule has 0 saturated heterocycles. The monoisotopic (exact) mass is 265 g/mol. The standard InChI is InChI=1S/C14H19NO4/c1-14(2,3)19-13(18)12(17)11(15)8-9-4-6-10(16)7-5-9/h4-7,11,16H,8,15H2,1-3H3/t11-/m0/s1. The summed E-state index contributed by atoms with van der Waals surface area (Å²) in [6.07, 6.45) is 0.221. The van der Waals surface area contributed by atoms with Crippen LogP contribution in [-0.4, -0.2) is 28.5 Å². The first-order valence-corrected chi connectivity index (χ1v) is 6.00. The van der Waals surface area contributed by atoms with Crippen molar-refractivity contribution in [2.75, 3.05) is 0 Å². The van der Waals surface area contributed by atoms with Gasteiger partial charge in [-0.05, 0) is 44.9 Å². The van der Waals surface area contributed by atoms with Crippen molar-refractivity contribution < 1.29 is 19.4 Å². The molecule has 0 amide bonds. The third-order valence-electron chi connectivity index (χ3n) is 2.33. The summed E-state index contributed by atoms with van der Waals surface area (Å²) in [5, 5.41) is 9.14. The SMILES string of the molecule is CC(C)(C)OC(=O)C(=O)[C@@H](N)Cc1ccc(O)cc1. The molecule has 0 unspecified atom stereocenters. The average molecular weight is 265 g/mol. The predicted molar refractivity (Wildman–Crippen MR) is 70.6 cm³/mol. The van der Waals surface area contributed by atoms with Crippen LogP contribution >= 0.6 is 0 Å². The number of rotatable bonds is 4. The molecule has 3 N–H and O–H groups in total. The van der Waals surface area contributed by atoms with Gasteiger partial charge in [-0.25, -0.2) is 4.79 Å². The van der Waals surface area contributed by atoms with Gasteiger partial charge in [-0.15, -0.1) is 0 Å². The maximum absolute atomic E-state index is 11.7. The van der Waals surface area contributed by atoms with Crippen LogP contribution < -0.4 is 5.73 Å². The molecule has 0 spiro atoms. The number of carbonyl (C=O) groups excluding carboxylic acids is 2. The Bertz CT molecular complexity index is 459. The highest BCUT2D eigenvalue weighted by atomic mass is 16.6. The number of ketones is 1. The maximum atomic E-state index is 11.7. The smallest absolute Gasteiger partial charge is 0.376 e. The summed E-state index contributed by atoms with van der Waals surface area (Å²) < 4.78 is 4.97. The summed E-state index contributed by atoms with van der Waals surface area (Å²) in [4.78, 5) is 23.3. The quantitative estimate of drug-likeness (QED) is 0.630. The van der Waals surface area contributed by atoms with Crippen molar-refractivity contribution in [3.05, 3.63) is 29.8 Å². The zero-order valence-corrected chi connectivity index (χ0v) is 11.3. The largest absolute Gasteiger partial charge is 0.508 e. The third-order valence-corrected chi connectivity index (χ3v) is 2.33. The van der Waals surface area contributed by atoms with E-state index in [0.717, 1.165) is 5.56 Å². The number of esters is 1. The molecule has 1 aromatic rings. The van der Waals surface area contributed by atoms with Gasteiger partial charge in [-0.1, -0.05) is 12.1 Å². The lowest BCUT2D eigenvalue weighted by Gasteiger charge is -2.20. The van der Waals surface area contributed by atoms with Crippen LogP contribution in [0.1, 0.15) is 26.3 Å². The van der Waals surface area contributed by atoms with Crippen LogP contribution in [0.4, 0.5) is 0 Å². The molecule has 1 rings (SSSR count). The number of hydrogen-bond acceptors (Lipinski definition) is 5. The zero-order valence-electron chi connectivity index (χ0n) is 11.3. The number of phenolic OH excluding ortho intramolecular Hbond substituents is 1. The number of benzene rings is 1. The fourth-order valence-corrected chi connectivity index (χ4v) is 1.46. The molecule has 104 valence electrons. The van der Waals surface area contributed by atoms with Crippen LogP contribution in [-0.2, 0) is 20.7 Å². The van der Waals surface area contributed by atoms with Crippen molar-refractivity contribution in [2.24, 2.45) is 5.73 Å². The lowest BCUT2D eigenvalue weighted by molar-refractivity contribution is -0.162. The molecular weight excluding hydrogens is 246 g/mol. The second-order valence-corrected chi connectivity index (χ2v) is 5.34. The first-order valence-electron chi connectivity index (χ1n) is 6.00. The van der Waals surface area contributed by atoms with Crippen LogP contribution in [0.3, 0.4) is 0 Å². The molecule has 1 aromatic carbocycles. The normalized spacial score (nSPS) is 12.8. The van der Waals surface area contributed by atoms with E-state index in [0.29, 0.717) is 0 Å². The Morgan fingerprint density at radius 2 is 1.79 bits per heavy atom. The lowest BCUT2D eigenvalue weighted by Crippen LogP contribution is -2.41. The van der Waals surface area contributed by atoms with Crippen molar-refractivity contribution in [3.63, 3.8) is 0 Å². The van der Waals surface area contributed by atoms with Crippen molar-refractivity contribution >= 4 is 11.8 Å². The molecule has 5 heteroatoms. The molecule has 5 nitrogen and oxygen atoms in total. The zero-order chi connectivity index (χ0) is 14.6. The number of Topliss-reactive ketones (excluding diaryl/α,β-unsaturated/α-hetero) is 1. The van der Waals surface area contributed by atoms with E-state index in [1.807, 2.05) is 0 Å². The first-order chi connectivity index (χ1) is 8.69. The summed E-state index contributed by atoms with van der Waals surface area (Å²) in [6, 6.07) is 5.36. The van der Waals surface area contributed by atoms with E-state index >= 15 is 0 Å². The van der Waals surface area contributed by atoms with Crippen LogP contribution in [0.15, 0.2) is 24.3 Å². The molecule has 0 saturated carbocycles.